The molecule has 1 heterocycles. The largest absolute Gasteiger partial charge is 0.215 e. The summed E-state index contributed by atoms with van der Waals surface area (Å²) in [4.78, 5) is 0. The van der Waals surface area contributed by atoms with Gasteiger partial charge >= 0.3 is 0 Å². The topological polar surface area (TPSA) is 30.7 Å². The van der Waals surface area contributed by atoms with E-state index in [4.69, 9.17) is 23.2 Å². The molecule has 0 aliphatic heterocycles. The zero-order chi connectivity index (χ0) is 10.8. The third-order valence-corrected chi connectivity index (χ3v) is 3.57. The Morgan fingerprint density at radius 2 is 2.20 bits per heavy atom. The van der Waals surface area contributed by atoms with Crippen molar-refractivity contribution in [3.8, 4) is 5.69 Å². The van der Waals surface area contributed by atoms with E-state index in [0.717, 1.165) is 15.9 Å². The van der Waals surface area contributed by atoms with E-state index in [1.165, 1.54) is 0 Å². The highest BCUT2D eigenvalue weighted by atomic mass is 79.9. The minimum absolute atomic E-state index is 0.353. The standard InChI is InChI=1S/C9H6BrCl2N3/c10-9-7(12)2-1-3-8(9)15-6(4-11)5-13-14-15/h1-3,5H,4H2. The first-order valence-corrected chi connectivity index (χ1v) is 5.84. The van der Waals surface area contributed by atoms with E-state index in [2.05, 4.69) is 26.2 Å². The van der Waals surface area contributed by atoms with Gasteiger partial charge in [-0.05, 0) is 28.1 Å². The molecule has 6 heteroatoms. The molecule has 0 N–H and O–H groups in total. The Balaban J connectivity index is 2.59. The van der Waals surface area contributed by atoms with Gasteiger partial charge in [0.2, 0.25) is 0 Å². The van der Waals surface area contributed by atoms with Gasteiger partial charge in [-0.25, -0.2) is 4.68 Å². The van der Waals surface area contributed by atoms with Gasteiger partial charge in [0.05, 0.1) is 33.0 Å². The third kappa shape index (κ3) is 2.02. The summed E-state index contributed by atoms with van der Waals surface area (Å²) in [5.74, 6) is 0.353. The molecular weight excluding hydrogens is 301 g/mol. The first-order valence-electron chi connectivity index (χ1n) is 4.14. The van der Waals surface area contributed by atoms with Crippen LogP contribution in [0.3, 0.4) is 0 Å². The molecule has 1 aromatic heterocycles. The summed E-state index contributed by atoms with van der Waals surface area (Å²) < 4.78 is 2.44. The van der Waals surface area contributed by atoms with Gasteiger partial charge in [0, 0.05) is 0 Å². The molecule has 0 saturated heterocycles. The van der Waals surface area contributed by atoms with E-state index in [1.54, 1.807) is 16.9 Å². The van der Waals surface area contributed by atoms with Gasteiger partial charge in [0.15, 0.2) is 0 Å². The summed E-state index contributed by atoms with van der Waals surface area (Å²) in [6, 6.07) is 5.54. The van der Waals surface area contributed by atoms with Crippen molar-refractivity contribution in [2.45, 2.75) is 5.88 Å². The number of hydrogen-bond acceptors (Lipinski definition) is 2. The predicted molar refractivity (Wildman–Crippen MR) is 63.6 cm³/mol. The van der Waals surface area contributed by atoms with Crippen LogP contribution < -0.4 is 0 Å². The highest BCUT2D eigenvalue weighted by molar-refractivity contribution is 9.10. The van der Waals surface area contributed by atoms with E-state index in [0.29, 0.717) is 10.9 Å². The van der Waals surface area contributed by atoms with Crippen molar-refractivity contribution in [2.75, 3.05) is 0 Å². The lowest BCUT2D eigenvalue weighted by molar-refractivity contribution is 0.778. The third-order valence-electron chi connectivity index (χ3n) is 1.92. The van der Waals surface area contributed by atoms with Crippen molar-refractivity contribution in [3.63, 3.8) is 0 Å². The molecule has 0 spiro atoms. The number of halogens is 3. The molecule has 0 aliphatic rings. The molecule has 0 fully saturated rings. The lowest BCUT2D eigenvalue weighted by Gasteiger charge is -2.07. The van der Waals surface area contributed by atoms with E-state index in [-0.39, 0.29) is 0 Å². The number of nitrogens with zero attached hydrogens (tertiary/aromatic N) is 3. The average molecular weight is 307 g/mol. The Kier molecular flexibility index (Phi) is 3.29. The molecule has 0 radical (unpaired) electrons. The second kappa shape index (κ2) is 4.51. The van der Waals surface area contributed by atoms with Crippen molar-refractivity contribution < 1.29 is 0 Å². The molecule has 78 valence electrons. The van der Waals surface area contributed by atoms with Gasteiger partial charge in [0.25, 0.3) is 0 Å². The Hall–Kier alpha value is -0.580. The van der Waals surface area contributed by atoms with Crippen LogP contribution in [0.15, 0.2) is 28.9 Å². The number of rotatable bonds is 2. The zero-order valence-electron chi connectivity index (χ0n) is 7.49. The van der Waals surface area contributed by atoms with Crippen molar-refractivity contribution in [1.82, 2.24) is 15.0 Å². The van der Waals surface area contributed by atoms with Crippen LogP contribution in [0, 0.1) is 0 Å². The van der Waals surface area contributed by atoms with Crippen LogP contribution in [-0.4, -0.2) is 15.0 Å². The van der Waals surface area contributed by atoms with Crippen LogP contribution in [-0.2, 0) is 5.88 Å². The summed E-state index contributed by atoms with van der Waals surface area (Å²) in [7, 11) is 0. The monoisotopic (exact) mass is 305 g/mol. The van der Waals surface area contributed by atoms with E-state index in [1.807, 2.05) is 12.1 Å². The number of aromatic nitrogens is 3. The maximum atomic E-state index is 5.98. The Morgan fingerprint density at radius 3 is 2.93 bits per heavy atom. The van der Waals surface area contributed by atoms with Crippen LogP contribution >= 0.6 is 39.1 Å². The fourth-order valence-electron chi connectivity index (χ4n) is 1.21. The summed E-state index contributed by atoms with van der Waals surface area (Å²) in [5, 5.41) is 8.39. The first-order chi connectivity index (χ1) is 7.24. The first kappa shape index (κ1) is 10.9. The molecule has 2 aromatic rings. The van der Waals surface area contributed by atoms with E-state index in [9.17, 15) is 0 Å². The molecule has 0 unspecified atom stereocenters. The van der Waals surface area contributed by atoms with E-state index < -0.39 is 0 Å². The molecular formula is C9H6BrCl2N3. The fourth-order valence-corrected chi connectivity index (χ4v) is 1.99. The smallest absolute Gasteiger partial charge is 0.0824 e. The van der Waals surface area contributed by atoms with Crippen LogP contribution in [0.2, 0.25) is 5.02 Å². The number of benzene rings is 1. The van der Waals surface area contributed by atoms with Crippen LogP contribution in [0.1, 0.15) is 5.69 Å². The quantitative estimate of drug-likeness (QED) is 0.796. The van der Waals surface area contributed by atoms with Crippen molar-refractivity contribution >= 4 is 39.1 Å². The molecule has 0 amide bonds. The highest BCUT2D eigenvalue weighted by Gasteiger charge is 2.10. The predicted octanol–water partition coefficient (Wildman–Crippen LogP) is 3.42. The van der Waals surface area contributed by atoms with Gasteiger partial charge in [-0.1, -0.05) is 22.9 Å². The molecule has 15 heavy (non-hydrogen) atoms. The SMILES string of the molecule is ClCc1cnnn1-c1cccc(Cl)c1Br. The molecule has 0 atom stereocenters. The van der Waals surface area contributed by atoms with Crippen molar-refractivity contribution in [2.24, 2.45) is 0 Å². The molecule has 0 bridgehead atoms. The van der Waals surface area contributed by atoms with E-state index >= 15 is 0 Å². The average Bonchev–Trinajstić information content (AvgIpc) is 2.70. The van der Waals surface area contributed by atoms with Crippen LogP contribution in [0.25, 0.3) is 5.69 Å². The molecule has 1 aromatic carbocycles. The normalized spacial score (nSPS) is 10.6. The van der Waals surface area contributed by atoms with Gasteiger partial charge in [0.1, 0.15) is 0 Å². The lowest BCUT2D eigenvalue weighted by Crippen LogP contribution is -2.01. The second-order valence-corrected chi connectivity index (χ2v) is 4.31. The number of alkyl halides is 1. The minimum Gasteiger partial charge on any atom is -0.215 e. The minimum atomic E-state index is 0.353. The Labute approximate surface area is 105 Å². The van der Waals surface area contributed by atoms with Gasteiger partial charge in [-0.3, -0.25) is 0 Å². The fraction of sp³-hybridized carbons (Fsp3) is 0.111. The summed E-state index contributed by atoms with van der Waals surface area (Å²) in [5.41, 5.74) is 1.65. The highest BCUT2D eigenvalue weighted by Crippen LogP contribution is 2.29. The maximum absolute atomic E-state index is 5.98. The number of hydrogen-bond donors (Lipinski definition) is 0. The summed E-state index contributed by atoms with van der Waals surface area (Å²) in [6.45, 7) is 0. The molecule has 2 rings (SSSR count). The molecule has 0 saturated carbocycles. The zero-order valence-corrected chi connectivity index (χ0v) is 10.6. The van der Waals surface area contributed by atoms with Crippen molar-refractivity contribution in [3.05, 3.63) is 39.6 Å². The van der Waals surface area contributed by atoms with Crippen molar-refractivity contribution in [1.29, 1.82) is 0 Å². The second-order valence-electron chi connectivity index (χ2n) is 2.84. The molecule has 0 aliphatic carbocycles. The van der Waals surface area contributed by atoms with Gasteiger partial charge in [-0.2, -0.15) is 0 Å². The van der Waals surface area contributed by atoms with Crippen LogP contribution in [0.4, 0.5) is 0 Å². The lowest BCUT2D eigenvalue weighted by atomic mass is 10.3. The van der Waals surface area contributed by atoms with Gasteiger partial charge in [-0.15, -0.1) is 16.7 Å². The van der Waals surface area contributed by atoms with Crippen LogP contribution in [0.5, 0.6) is 0 Å². The summed E-state index contributed by atoms with van der Waals surface area (Å²) in [6.07, 6.45) is 1.63. The maximum Gasteiger partial charge on any atom is 0.0824 e. The Morgan fingerprint density at radius 1 is 1.40 bits per heavy atom. The summed E-state index contributed by atoms with van der Waals surface area (Å²) >= 11 is 15.2. The molecule has 3 nitrogen and oxygen atoms in total. The van der Waals surface area contributed by atoms with Gasteiger partial charge < -0.3 is 0 Å². The Bertz CT molecular complexity index is 484.